The third-order valence-corrected chi connectivity index (χ3v) is 7.87. The Hall–Kier alpha value is -1.59. The van der Waals surface area contributed by atoms with Crippen molar-refractivity contribution in [2.75, 3.05) is 29.8 Å². The summed E-state index contributed by atoms with van der Waals surface area (Å²) in [4.78, 5) is 12.0. The van der Waals surface area contributed by atoms with Gasteiger partial charge in [-0.25, -0.2) is 13.4 Å². The van der Waals surface area contributed by atoms with Crippen molar-refractivity contribution in [1.82, 2.24) is 10.0 Å². The standard InChI is InChI=1S/C16H19F2N3O4S2/c17-7-16(1-2-16)8-19-9-3-10-12(26-6-9)4-11(22)15(14(10)18)21-5-13(23)20-27(21,24)25/h4,9,19,22H,1-3,5-8H2,(H,20,23)/t9-/m0/s1. The van der Waals surface area contributed by atoms with Crippen LogP contribution in [0.4, 0.5) is 14.5 Å². The van der Waals surface area contributed by atoms with E-state index in [0.717, 1.165) is 12.8 Å². The molecule has 7 nitrogen and oxygen atoms in total. The molecule has 1 aromatic rings. The average Bonchev–Trinajstić information content (AvgIpc) is 3.34. The number of thioether (sulfide) groups is 1. The molecule has 0 unspecified atom stereocenters. The Bertz CT molecular complexity index is 905. The lowest BCUT2D eigenvalue weighted by Gasteiger charge is -2.29. The molecular formula is C16H19F2N3O4S2. The number of fused-ring (bicyclic) bond motifs is 1. The number of nitrogens with zero attached hydrogens (tertiary/aromatic N) is 1. The zero-order valence-corrected chi connectivity index (χ0v) is 15.9. The average molecular weight is 419 g/mol. The van der Waals surface area contributed by atoms with Gasteiger partial charge in [0, 0.05) is 34.2 Å². The highest BCUT2D eigenvalue weighted by Gasteiger charge is 2.43. The van der Waals surface area contributed by atoms with Crippen LogP contribution in [0.2, 0.25) is 0 Å². The number of anilines is 1. The Labute approximate surface area is 159 Å². The number of hydrogen-bond donors (Lipinski definition) is 3. The lowest BCUT2D eigenvalue weighted by atomic mass is 10.0. The van der Waals surface area contributed by atoms with Crippen LogP contribution in [-0.4, -0.2) is 51.0 Å². The number of alkyl halides is 1. The summed E-state index contributed by atoms with van der Waals surface area (Å²) >= 11 is 1.35. The molecule has 1 atom stereocenters. The van der Waals surface area contributed by atoms with Crippen LogP contribution < -0.4 is 14.3 Å². The molecule has 27 heavy (non-hydrogen) atoms. The van der Waals surface area contributed by atoms with Gasteiger partial charge in [0.15, 0.2) is 5.82 Å². The first-order valence-corrected chi connectivity index (χ1v) is 11.0. The van der Waals surface area contributed by atoms with E-state index in [1.165, 1.54) is 17.8 Å². The molecule has 0 bridgehead atoms. The highest BCUT2D eigenvalue weighted by Crippen LogP contribution is 2.46. The summed E-state index contributed by atoms with van der Waals surface area (Å²) in [6, 6.07) is 1.24. The van der Waals surface area contributed by atoms with E-state index >= 15 is 4.39 Å². The topological polar surface area (TPSA) is 98.7 Å². The van der Waals surface area contributed by atoms with Crippen molar-refractivity contribution in [3.8, 4) is 5.75 Å². The monoisotopic (exact) mass is 419 g/mol. The van der Waals surface area contributed by atoms with E-state index in [-0.39, 0.29) is 23.7 Å². The zero-order chi connectivity index (χ0) is 19.4. The predicted octanol–water partition coefficient (Wildman–Crippen LogP) is 1.07. The Kier molecular flexibility index (Phi) is 4.51. The van der Waals surface area contributed by atoms with Gasteiger partial charge < -0.3 is 10.4 Å². The van der Waals surface area contributed by atoms with E-state index in [4.69, 9.17) is 0 Å². The molecule has 4 rings (SSSR count). The summed E-state index contributed by atoms with van der Waals surface area (Å²) < 4.78 is 54.6. The van der Waals surface area contributed by atoms with Crippen molar-refractivity contribution in [3.05, 3.63) is 17.4 Å². The van der Waals surface area contributed by atoms with Crippen LogP contribution in [0.25, 0.3) is 0 Å². The van der Waals surface area contributed by atoms with E-state index in [1.807, 2.05) is 0 Å². The highest BCUT2D eigenvalue weighted by molar-refractivity contribution is 7.99. The predicted molar refractivity (Wildman–Crippen MR) is 96.3 cm³/mol. The van der Waals surface area contributed by atoms with Gasteiger partial charge in [-0.1, -0.05) is 0 Å². The molecule has 0 aromatic heterocycles. The van der Waals surface area contributed by atoms with Crippen LogP contribution in [0, 0.1) is 11.2 Å². The number of carbonyl (C=O) groups excluding carboxylic acids is 1. The van der Waals surface area contributed by atoms with Gasteiger partial charge in [-0.2, -0.15) is 8.42 Å². The molecule has 3 aliphatic rings. The maximum absolute atomic E-state index is 15.2. The van der Waals surface area contributed by atoms with E-state index in [1.54, 1.807) is 4.72 Å². The van der Waals surface area contributed by atoms with Gasteiger partial charge in [-0.3, -0.25) is 9.18 Å². The molecule has 1 amide bonds. The molecule has 2 heterocycles. The zero-order valence-electron chi connectivity index (χ0n) is 14.3. The highest BCUT2D eigenvalue weighted by atomic mass is 32.2. The molecular weight excluding hydrogens is 400 g/mol. The molecule has 1 saturated carbocycles. The molecule has 0 radical (unpaired) electrons. The maximum atomic E-state index is 15.2. The normalized spacial score (nSPS) is 25.2. The number of rotatable bonds is 5. The molecule has 11 heteroatoms. The molecule has 0 spiro atoms. The lowest BCUT2D eigenvalue weighted by molar-refractivity contribution is -0.117. The van der Waals surface area contributed by atoms with Crippen LogP contribution in [0.5, 0.6) is 5.75 Å². The summed E-state index contributed by atoms with van der Waals surface area (Å²) in [5.41, 5.74) is -0.522. The van der Waals surface area contributed by atoms with Gasteiger partial charge in [0.2, 0.25) is 0 Å². The van der Waals surface area contributed by atoms with E-state index in [2.05, 4.69) is 5.32 Å². The van der Waals surface area contributed by atoms with Crippen LogP contribution in [0.3, 0.4) is 0 Å². The second kappa shape index (κ2) is 6.49. The minimum absolute atomic E-state index is 0.0895. The first-order chi connectivity index (χ1) is 12.7. The van der Waals surface area contributed by atoms with Crippen LogP contribution in [0.15, 0.2) is 11.0 Å². The molecule has 2 fully saturated rings. The summed E-state index contributed by atoms with van der Waals surface area (Å²) in [6.45, 7) is -0.439. The first-order valence-electron chi connectivity index (χ1n) is 8.54. The number of benzene rings is 1. The molecule has 1 aliphatic carbocycles. The number of hydrogen-bond acceptors (Lipinski definition) is 6. The van der Waals surface area contributed by atoms with Crippen LogP contribution >= 0.6 is 11.8 Å². The molecule has 1 saturated heterocycles. The Morgan fingerprint density at radius 1 is 1.44 bits per heavy atom. The van der Waals surface area contributed by atoms with Crippen molar-refractivity contribution in [3.63, 3.8) is 0 Å². The summed E-state index contributed by atoms with van der Waals surface area (Å²) in [6.07, 6.45) is 1.97. The fraction of sp³-hybridized carbons (Fsp3) is 0.562. The van der Waals surface area contributed by atoms with E-state index < -0.39 is 39.9 Å². The number of nitrogens with one attached hydrogen (secondary N) is 2. The van der Waals surface area contributed by atoms with Gasteiger partial charge in [0.1, 0.15) is 18.0 Å². The van der Waals surface area contributed by atoms with Crippen LogP contribution in [0.1, 0.15) is 18.4 Å². The van der Waals surface area contributed by atoms with Crippen molar-refractivity contribution >= 4 is 33.6 Å². The fourth-order valence-corrected chi connectivity index (χ4v) is 5.69. The Morgan fingerprint density at radius 3 is 2.78 bits per heavy atom. The molecule has 3 N–H and O–H groups in total. The minimum atomic E-state index is -4.23. The summed E-state index contributed by atoms with van der Waals surface area (Å²) in [5, 5.41) is 13.5. The van der Waals surface area contributed by atoms with Crippen molar-refractivity contribution in [1.29, 1.82) is 0 Å². The number of phenolic OH excluding ortho intramolecular Hbond substituents is 1. The SMILES string of the molecule is O=C1CN(c2c(O)cc3c(c2F)C[C@H](NCC2(CF)CC2)CS3)S(=O)(=O)N1. The quantitative estimate of drug-likeness (QED) is 0.660. The number of carbonyl (C=O) groups is 1. The Balaban J connectivity index is 1.60. The number of amides is 1. The van der Waals surface area contributed by atoms with Crippen molar-refractivity contribution < 1.29 is 27.1 Å². The van der Waals surface area contributed by atoms with E-state index in [0.29, 0.717) is 27.9 Å². The molecule has 1 aromatic carbocycles. The van der Waals surface area contributed by atoms with Gasteiger partial charge >= 0.3 is 10.2 Å². The third kappa shape index (κ3) is 3.36. The Morgan fingerprint density at radius 2 is 2.19 bits per heavy atom. The maximum Gasteiger partial charge on any atom is 0.326 e. The fourth-order valence-electron chi connectivity index (χ4n) is 3.37. The lowest BCUT2D eigenvalue weighted by Crippen LogP contribution is -2.40. The number of phenols is 1. The van der Waals surface area contributed by atoms with Gasteiger partial charge in [-0.15, -0.1) is 11.8 Å². The van der Waals surface area contributed by atoms with E-state index in [9.17, 15) is 22.7 Å². The minimum Gasteiger partial charge on any atom is -0.506 e. The van der Waals surface area contributed by atoms with Gasteiger partial charge in [0.05, 0.1) is 6.67 Å². The molecule has 148 valence electrons. The van der Waals surface area contributed by atoms with Gasteiger partial charge in [-0.05, 0) is 25.3 Å². The first kappa shape index (κ1) is 18.8. The summed E-state index contributed by atoms with van der Waals surface area (Å²) in [5.74, 6) is -1.54. The number of halogens is 2. The van der Waals surface area contributed by atoms with Crippen LogP contribution in [-0.2, 0) is 21.4 Å². The summed E-state index contributed by atoms with van der Waals surface area (Å²) in [7, 11) is -4.23. The van der Waals surface area contributed by atoms with Crippen molar-refractivity contribution in [2.24, 2.45) is 5.41 Å². The third-order valence-electron chi connectivity index (χ3n) is 5.25. The number of aromatic hydroxyl groups is 1. The molecule has 2 aliphatic heterocycles. The smallest absolute Gasteiger partial charge is 0.326 e. The second-order valence-corrected chi connectivity index (χ2v) is 9.96. The largest absolute Gasteiger partial charge is 0.506 e. The van der Waals surface area contributed by atoms with Gasteiger partial charge in [0.25, 0.3) is 5.91 Å². The second-order valence-electron chi connectivity index (χ2n) is 7.30. The van der Waals surface area contributed by atoms with Crippen molar-refractivity contribution in [2.45, 2.75) is 30.2 Å².